The van der Waals surface area contributed by atoms with Crippen molar-refractivity contribution < 1.29 is 28.9 Å². The van der Waals surface area contributed by atoms with Gasteiger partial charge in [-0.2, -0.15) is 0 Å². The molecule has 0 aromatic heterocycles. The van der Waals surface area contributed by atoms with Gasteiger partial charge in [0.05, 0.1) is 31.5 Å². The fourth-order valence-electron chi connectivity index (χ4n) is 4.69. The lowest BCUT2D eigenvalue weighted by atomic mass is 10.1. The van der Waals surface area contributed by atoms with E-state index in [1.165, 1.54) is 58.5 Å². The highest BCUT2D eigenvalue weighted by molar-refractivity contribution is 9.09. The second-order valence-electron chi connectivity index (χ2n) is 12.1. The monoisotopic (exact) mass is 730 g/mol. The van der Waals surface area contributed by atoms with E-state index in [0.29, 0.717) is 43.7 Å². The predicted molar refractivity (Wildman–Crippen MR) is 200 cm³/mol. The van der Waals surface area contributed by atoms with E-state index in [0.717, 1.165) is 76.0 Å². The van der Waals surface area contributed by atoms with Crippen molar-refractivity contribution in [3.8, 4) is 47.9 Å². The second kappa shape index (κ2) is 34.4. The van der Waals surface area contributed by atoms with E-state index >= 15 is 0 Å². The van der Waals surface area contributed by atoms with Crippen LogP contribution >= 0.6 is 15.9 Å². The molecule has 0 radical (unpaired) electrons. The molecule has 0 bridgehead atoms. The van der Waals surface area contributed by atoms with Crippen molar-refractivity contribution in [3.63, 3.8) is 0 Å². The third-order valence-electron chi connectivity index (χ3n) is 7.84. The maximum absolute atomic E-state index is 10.9. The number of carbonyl (C=O) groups excluding carboxylic acids is 1. The molecular weight excluding hydrogens is 668 g/mol. The number of halogens is 1. The van der Waals surface area contributed by atoms with Gasteiger partial charge in [-0.05, 0) is 51.4 Å². The number of methoxy groups -OCH3 is 1. The average molecular weight is 732 g/mol. The van der Waals surface area contributed by atoms with Crippen LogP contribution in [0.25, 0.3) is 0 Å². The Morgan fingerprint density at radius 1 is 0.625 bits per heavy atom. The molecule has 2 aliphatic heterocycles. The number of unbranched alkanes of at least 4 members (excludes halogenated alkanes) is 14. The Morgan fingerprint density at radius 2 is 1.04 bits per heavy atom. The van der Waals surface area contributed by atoms with Crippen molar-refractivity contribution >= 4 is 27.9 Å². The summed E-state index contributed by atoms with van der Waals surface area (Å²) in [5.41, 5.74) is 0. The highest BCUT2D eigenvalue weighted by Gasteiger charge is 2.36. The SMILES string of the molecule is C#CCCCCCCCC#CCCCC(=O)O.CCC1OC1CBr.CCC1OC1CC#CCCCCCCCC#CCCCC(=O)OC. The first-order valence-corrected chi connectivity index (χ1v) is 19.5. The maximum Gasteiger partial charge on any atom is 0.305 e. The summed E-state index contributed by atoms with van der Waals surface area (Å²) in [5, 5.41) is 9.42. The van der Waals surface area contributed by atoms with Gasteiger partial charge in [-0.3, -0.25) is 9.59 Å². The van der Waals surface area contributed by atoms with Gasteiger partial charge in [0.25, 0.3) is 0 Å². The Bertz CT molecular complexity index is 1040. The molecule has 0 aromatic rings. The van der Waals surface area contributed by atoms with Crippen LogP contribution in [0.4, 0.5) is 0 Å². The lowest BCUT2D eigenvalue weighted by molar-refractivity contribution is -0.140. The molecular formula is C41H63BrO6. The lowest BCUT2D eigenvalue weighted by Gasteiger charge is -1.96. The first kappa shape index (κ1) is 45.6. The summed E-state index contributed by atoms with van der Waals surface area (Å²) in [7, 11) is 1.42. The number of ether oxygens (including phenoxy) is 3. The molecule has 0 aromatic carbocycles. The van der Waals surface area contributed by atoms with Gasteiger partial charge >= 0.3 is 11.9 Å². The van der Waals surface area contributed by atoms with Gasteiger partial charge in [0.2, 0.25) is 0 Å². The molecule has 2 fully saturated rings. The van der Waals surface area contributed by atoms with E-state index < -0.39 is 5.97 Å². The van der Waals surface area contributed by atoms with Gasteiger partial charge in [0.15, 0.2) is 0 Å². The highest BCUT2D eigenvalue weighted by atomic mass is 79.9. The molecule has 4 unspecified atom stereocenters. The zero-order chi connectivity index (χ0) is 35.5. The fraction of sp³-hybridized carbons (Fsp3) is 0.756. The number of carbonyl (C=O) groups is 2. The van der Waals surface area contributed by atoms with E-state index in [1.807, 2.05) is 0 Å². The third kappa shape index (κ3) is 32.1. The van der Waals surface area contributed by atoms with Gasteiger partial charge in [0.1, 0.15) is 0 Å². The molecule has 2 rings (SSSR count). The van der Waals surface area contributed by atoms with Gasteiger partial charge < -0.3 is 19.3 Å². The summed E-state index contributed by atoms with van der Waals surface area (Å²) in [5.74, 6) is 20.7. The minimum Gasteiger partial charge on any atom is -0.481 e. The molecule has 7 heteroatoms. The summed E-state index contributed by atoms with van der Waals surface area (Å²) >= 11 is 3.33. The number of hydrogen-bond donors (Lipinski definition) is 1. The van der Waals surface area contributed by atoms with Crippen LogP contribution in [0.3, 0.4) is 0 Å². The van der Waals surface area contributed by atoms with Crippen LogP contribution in [-0.4, -0.2) is 53.9 Å². The average Bonchev–Trinajstić information content (AvgIpc) is 4.03. The first-order valence-electron chi connectivity index (χ1n) is 18.4. The highest BCUT2D eigenvalue weighted by Crippen LogP contribution is 2.27. The minimum absolute atomic E-state index is 0.146. The number of alkyl halides is 1. The minimum atomic E-state index is -0.737. The number of aliphatic carboxylic acids is 1. The number of carboxylic acids is 1. The third-order valence-corrected chi connectivity index (χ3v) is 8.48. The van der Waals surface area contributed by atoms with Crippen molar-refractivity contribution in [2.45, 2.75) is 186 Å². The van der Waals surface area contributed by atoms with E-state index in [4.69, 9.17) is 21.0 Å². The molecule has 6 nitrogen and oxygen atoms in total. The number of rotatable bonds is 22. The van der Waals surface area contributed by atoms with Gasteiger partial charge in [-0.25, -0.2) is 0 Å². The molecule has 48 heavy (non-hydrogen) atoms. The smallest absolute Gasteiger partial charge is 0.305 e. The van der Waals surface area contributed by atoms with Gasteiger partial charge in [0, 0.05) is 63.1 Å². The van der Waals surface area contributed by atoms with Crippen LogP contribution < -0.4 is 0 Å². The van der Waals surface area contributed by atoms with Crippen LogP contribution in [0, 0.1) is 47.9 Å². The number of terminal acetylenes is 1. The topological polar surface area (TPSA) is 88.7 Å². The van der Waals surface area contributed by atoms with E-state index in [-0.39, 0.29) is 12.4 Å². The molecule has 0 spiro atoms. The Balaban J connectivity index is 0.000000793. The van der Waals surface area contributed by atoms with Crippen molar-refractivity contribution in [3.05, 3.63) is 0 Å². The molecule has 270 valence electrons. The number of hydrogen-bond acceptors (Lipinski definition) is 5. The molecule has 0 amide bonds. The van der Waals surface area contributed by atoms with Crippen molar-refractivity contribution in [2.75, 3.05) is 12.4 Å². The fourth-order valence-corrected chi connectivity index (χ4v) is 5.26. The Hall–Kier alpha value is -2.42. The molecule has 0 aliphatic carbocycles. The van der Waals surface area contributed by atoms with Crippen LogP contribution in [0.2, 0.25) is 0 Å². The van der Waals surface area contributed by atoms with Gasteiger partial charge in [-0.15, -0.1) is 47.9 Å². The van der Waals surface area contributed by atoms with E-state index in [2.05, 4.69) is 76.0 Å². The van der Waals surface area contributed by atoms with Crippen molar-refractivity contribution in [1.29, 1.82) is 0 Å². The van der Waals surface area contributed by atoms with Crippen LogP contribution in [0.1, 0.15) is 162 Å². The summed E-state index contributed by atoms with van der Waals surface area (Å²) < 4.78 is 15.2. The zero-order valence-corrected chi connectivity index (χ0v) is 31.8. The van der Waals surface area contributed by atoms with Crippen molar-refractivity contribution in [1.82, 2.24) is 0 Å². The predicted octanol–water partition coefficient (Wildman–Crippen LogP) is 9.80. The number of epoxide rings is 2. The molecule has 4 atom stereocenters. The number of esters is 1. The van der Waals surface area contributed by atoms with E-state index in [9.17, 15) is 9.59 Å². The maximum atomic E-state index is 10.9. The second-order valence-corrected chi connectivity index (χ2v) is 12.7. The summed E-state index contributed by atoms with van der Waals surface area (Å²) in [4.78, 5) is 21.1. The van der Waals surface area contributed by atoms with Crippen LogP contribution in [-0.2, 0) is 23.8 Å². The Morgan fingerprint density at radius 3 is 1.44 bits per heavy atom. The molecule has 2 heterocycles. The molecule has 1 N–H and O–H groups in total. The molecule has 0 saturated carbocycles. The quantitative estimate of drug-likeness (QED) is 0.0392. The largest absolute Gasteiger partial charge is 0.481 e. The summed E-state index contributed by atoms with van der Waals surface area (Å²) in [6.45, 7) is 4.31. The Labute approximate surface area is 302 Å². The standard InChI is InChI=1S/C21H32O3.C15H22O2.C5H9BrO/c1-3-19-20(24-19)17-15-13-11-9-7-5-4-6-8-10-12-14-16-18-21(22)23-2;1-2-3-4-5-6-7-8-9-10-11-12-13-14-15(16)17;1-2-4-5(3-6)7-4/h19-20H,3-9,11,14,16-18H2,1-2H3;1H,3-9,12-14H2,(H,16,17);4-5H,2-3H2,1H3. The first-order chi connectivity index (χ1) is 23.4. The van der Waals surface area contributed by atoms with Gasteiger partial charge in [-0.1, -0.05) is 68.3 Å². The molecule has 2 saturated heterocycles. The van der Waals surface area contributed by atoms with Crippen LogP contribution in [0.15, 0.2) is 0 Å². The van der Waals surface area contributed by atoms with Crippen molar-refractivity contribution in [2.24, 2.45) is 0 Å². The Kier molecular flexibility index (Phi) is 32.7. The molecule has 2 aliphatic rings. The number of carboxylic acid groups (broad SMARTS) is 1. The normalized spacial score (nSPS) is 17.9. The summed E-state index contributed by atoms with van der Waals surface area (Å²) in [6, 6.07) is 0. The van der Waals surface area contributed by atoms with Crippen LogP contribution in [0.5, 0.6) is 0 Å². The lowest BCUT2D eigenvalue weighted by Crippen LogP contribution is -1.98. The zero-order valence-electron chi connectivity index (χ0n) is 30.2. The van der Waals surface area contributed by atoms with E-state index in [1.54, 1.807) is 0 Å². The summed E-state index contributed by atoms with van der Waals surface area (Å²) in [6.07, 6.45) is 29.9.